The lowest BCUT2D eigenvalue weighted by Gasteiger charge is -2.35. The lowest BCUT2D eigenvalue weighted by Crippen LogP contribution is -2.44. The molecule has 13 heavy (non-hydrogen) atoms. The molecule has 0 spiro atoms. The summed E-state index contributed by atoms with van der Waals surface area (Å²) < 4.78 is 0. The van der Waals surface area contributed by atoms with E-state index in [1.165, 1.54) is 6.42 Å². The quantitative estimate of drug-likeness (QED) is 0.652. The maximum Gasteiger partial charge on any atom is 0.225 e. The fourth-order valence-electron chi connectivity index (χ4n) is 2.00. The first kappa shape index (κ1) is 9.00. The maximum atomic E-state index is 11.7. The Hall–Kier alpha value is -0.570. The molecule has 74 valence electrons. The molecule has 0 aromatic carbocycles. The van der Waals surface area contributed by atoms with Crippen LogP contribution < -0.4 is 0 Å². The second kappa shape index (κ2) is 3.66. The van der Waals surface area contributed by atoms with Crippen molar-refractivity contribution in [2.24, 2.45) is 5.92 Å². The summed E-state index contributed by atoms with van der Waals surface area (Å²) in [5.41, 5.74) is 0. The summed E-state index contributed by atoms with van der Waals surface area (Å²) in [6.45, 7) is 1.52. The van der Waals surface area contributed by atoms with Crippen molar-refractivity contribution < 1.29 is 9.90 Å². The van der Waals surface area contributed by atoms with E-state index >= 15 is 0 Å². The van der Waals surface area contributed by atoms with Crippen molar-refractivity contribution in [3.8, 4) is 0 Å². The molecule has 1 aliphatic heterocycles. The monoisotopic (exact) mass is 183 g/mol. The second-order valence-corrected chi connectivity index (χ2v) is 4.18. The van der Waals surface area contributed by atoms with Gasteiger partial charge in [-0.1, -0.05) is 6.42 Å². The summed E-state index contributed by atoms with van der Waals surface area (Å²) in [6.07, 6.45) is 4.73. The number of rotatable bonds is 1. The molecule has 1 N–H and O–H groups in total. The second-order valence-electron chi connectivity index (χ2n) is 4.18. The van der Waals surface area contributed by atoms with Gasteiger partial charge in [-0.3, -0.25) is 4.79 Å². The molecular weight excluding hydrogens is 166 g/mol. The third-order valence-corrected chi connectivity index (χ3v) is 3.23. The first-order valence-electron chi connectivity index (χ1n) is 5.24. The molecule has 0 aromatic heterocycles. The molecule has 0 radical (unpaired) electrons. The van der Waals surface area contributed by atoms with E-state index in [-0.39, 0.29) is 6.10 Å². The van der Waals surface area contributed by atoms with Crippen molar-refractivity contribution in [1.82, 2.24) is 4.90 Å². The minimum atomic E-state index is -0.176. The van der Waals surface area contributed by atoms with Gasteiger partial charge in [-0.15, -0.1) is 0 Å². The molecule has 2 fully saturated rings. The maximum absolute atomic E-state index is 11.7. The molecule has 2 aliphatic rings. The van der Waals surface area contributed by atoms with E-state index in [9.17, 15) is 9.90 Å². The van der Waals surface area contributed by atoms with Gasteiger partial charge in [-0.25, -0.2) is 0 Å². The van der Waals surface area contributed by atoms with Crippen molar-refractivity contribution in [3.05, 3.63) is 0 Å². The van der Waals surface area contributed by atoms with Crippen LogP contribution in [0.3, 0.4) is 0 Å². The van der Waals surface area contributed by atoms with E-state index in [1.807, 2.05) is 4.90 Å². The SMILES string of the molecule is O=C(C1CCC1)N1CCC(O)CC1. The van der Waals surface area contributed by atoms with Crippen LogP contribution in [-0.4, -0.2) is 35.1 Å². The Morgan fingerprint density at radius 3 is 2.23 bits per heavy atom. The van der Waals surface area contributed by atoms with Crippen LogP contribution in [0.2, 0.25) is 0 Å². The lowest BCUT2D eigenvalue weighted by molar-refractivity contribution is -0.140. The van der Waals surface area contributed by atoms with Crippen LogP contribution in [0.25, 0.3) is 0 Å². The van der Waals surface area contributed by atoms with Gasteiger partial charge in [0.1, 0.15) is 0 Å². The zero-order chi connectivity index (χ0) is 9.26. The normalized spacial score (nSPS) is 25.8. The van der Waals surface area contributed by atoms with Crippen LogP contribution in [0.15, 0.2) is 0 Å². The Kier molecular flexibility index (Phi) is 2.54. The van der Waals surface area contributed by atoms with Gasteiger partial charge in [0, 0.05) is 19.0 Å². The molecule has 0 bridgehead atoms. The van der Waals surface area contributed by atoms with Crippen molar-refractivity contribution in [3.63, 3.8) is 0 Å². The van der Waals surface area contributed by atoms with Gasteiger partial charge in [0.2, 0.25) is 5.91 Å². The number of likely N-dealkylation sites (tertiary alicyclic amines) is 1. The average molecular weight is 183 g/mol. The number of hydrogen-bond acceptors (Lipinski definition) is 2. The van der Waals surface area contributed by atoms with Gasteiger partial charge < -0.3 is 10.0 Å². The van der Waals surface area contributed by atoms with Crippen LogP contribution in [0, 0.1) is 5.92 Å². The molecule has 1 saturated heterocycles. The summed E-state index contributed by atoms with van der Waals surface area (Å²) in [5, 5.41) is 9.28. The smallest absolute Gasteiger partial charge is 0.225 e. The topological polar surface area (TPSA) is 40.5 Å². The largest absolute Gasteiger partial charge is 0.393 e. The predicted octanol–water partition coefficient (Wildman–Crippen LogP) is 0.770. The minimum absolute atomic E-state index is 0.176. The fourth-order valence-corrected chi connectivity index (χ4v) is 2.00. The third-order valence-electron chi connectivity index (χ3n) is 3.23. The molecule has 0 atom stereocenters. The number of carbonyl (C=O) groups excluding carboxylic acids is 1. The molecule has 1 saturated carbocycles. The van der Waals surface area contributed by atoms with Crippen LogP contribution in [0.5, 0.6) is 0 Å². The number of aliphatic hydroxyl groups excluding tert-OH is 1. The van der Waals surface area contributed by atoms with Crippen LogP contribution in [-0.2, 0) is 4.79 Å². The minimum Gasteiger partial charge on any atom is -0.393 e. The standard InChI is InChI=1S/C10H17NO2/c12-9-4-6-11(7-5-9)10(13)8-2-1-3-8/h8-9,12H,1-7H2. The van der Waals surface area contributed by atoms with Crippen molar-refractivity contribution in [1.29, 1.82) is 0 Å². The number of hydrogen-bond donors (Lipinski definition) is 1. The third kappa shape index (κ3) is 1.85. The van der Waals surface area contributed by atoms with Crippen LogP contribution in [0.1, 0.15) is 32.1 Å². The first-order chi connectivity index (χ1) is 6.27. The summed E-state index contributed by atoms with van der Waals surface area (Å²) in [4.78, 5) is 13.7. The zero-order valence-electron chi connectivity index (χ0n) is 7.91. The number of aliphatic hydroxyl groups is 1. The van der Waals surface area contributed by atoms with Crippen LogP contribution in [0.4, 0.5) is 0 Å². The Balaban J connectivity index is 1.83. The van der Waals surface area contributed by atoms with Gasteiger partial charge >= 0.3 is 0 Å². The van der Waals surface area contributed by atoms with Gasteiger partial charge in [-0.05, 0) is 25.7 Å². The predicted molar refractivity (Wildman–Crippen MR) is 49.2 cm³/mol. The molecule has 0 aromatic rings. The van der Waals surface area contributed by atoms with Crippen molar-refractivity contribution in [2.75, 3.05) is 13.1 Å². The highest BCUT2D eigenvalue weighted by Crippen LogP contribution is 2.29. The highest BCUT2D eigenvalue weighted by atomic mass is 16.3. The highest BCUT2D eigenvalue weighted by molar-refractivity contribution is 5.79. The first-order valence-corrected chi connectivity index (χ1v) is 5.24. The Bertz CT molecular complexity index is 193. The molecule has 1 aliphatic carbocycles. The molecule has 3 nitrogen and oxygen atoms in total. The Labute approximate surface area is 78.7 Å². The zero-order valence-corrected chi connectivity index (χ0v) is 7.91. The van der Waals surface area contributed by atoms with E-state index in [0.717, 1.165) is 38.8 Å². The van der Waals surface area contributed by atoms with Gasteiger partial charge in [0.05, 0.1) is 6.10 Å². The van der Waals surface area contributed by atoms with Crippen molar-refractivity contribution in [2.45, 2.75) is 38.2 Å². The van der Waals surface area contributed by atoms with Crippen LogP contribution >= 0.6 is 0 Å². The number of piperidine rings is 1. The number of carbonyl (C=O) groups is 1. The van der Waals surface area contributed by atoms with Gasteiger partial charge in [-0.2, -0.15) is 0 Å². The molecule has 3 heteroatoms. The molecule has 1 amide bonds. The van der Waals surface area contributed by atoms with Crippen molar-refractivity contribution >= 4 is 5.91 Å². The summed E-state index contributed by atoms with van der Waals surface area (Å²) in [6, 6.07) is 0. The summed E-state index contributed by atoms with van der Waals surface area (Å²) in [7, 11) is 0. The molecule has 1 heterocycles. The fraction of sp³-hybridized carbons (Fsp3) is 0.900. The van der Waals surface area contributed by atoms with Gasteiger partial charge in [0.15, 0.2) is 0 Å². The Morgan fingerprint density at radius 2 is 1.77 bits per heavy atom. The molecular formula is C10H17NO2. The van der Waals surface area contributed by atoms with Gasteiger partial charge in [0.25, 0.3) is 0 Å². The van der Waals surface area contributed by atoms with E-state index in [0.29, 0.717) is 11.8 Å². The molecule has 0 unspecified atom stereocenters. The number of nitrogens with zero attached hydrogens (tertiary/aromatic N) is 1. The average Bonchev–Trinajstić information content (AvgIpc) is 2.02. The van der Waals surface area contributed by atoms with E-state index in [1.54, 1.807) is 0 Å². The molecule has 2 rings (SSSR count). The highest BCUT2D eigenvalue weighted by Gasteiger charge is 2.31. The summed E-state index contributed by atoms with van der Waals surface area (Å²) in [5.74, 6) is 0.647. The lowest BCUT2D eigenvalue weighted by atomic mass is 9.84. The Morgan fingerprint density at radius 1 is 1.15 bits per heavy atom. The number of amides is 1. The van der Waals surface area contributed by atoms with E-state index in [4.69, 9.17) is 0 Å². The summed E-state index contributed by atoms with van der Waals surface area (Å²) >= 11 is 0. The van der Waals surface area contributed by atoms with E-state index in [2.05, 4.69) is 0 Å². The van der Waals surface area contributed by atoms with E-state index < -0.39 is 0 Å².